The van der Waals surface area contributed by atoms with Gasteiger partial charge in [-0.1, -0.05) is 13.3 Å². The molecule has 1 saturated heterocycles. The lowest BCUT2D eigenvalue weighted by molar-refractivity contribution is -0.385. The predicted molar refractivity (Wildman–Crippen MR) is 86.1 cm³/mol. The van der Waals surface area contributed by atoms with E-state index in [0.29, 0.717) is 11.6 Å². The second-order valence-corrected chi connectivity index (χ2v) is 7.86. The first kappa shape index (κ1) is 16.7. The van der Waals surface area contributed by atoms with Crippen LogP contribution >= 0.6 is 0 Å². The summed E-state index contributed by atoms with van der Waals surface area (Å²) in [5.74, 6) is 0.671. The lowest BCUT2D eigenvalue weighted by Crippen LogP contribution is -2.26. The fraction of sp³-hybridized carbons (Fsp3) is 0.600. The Morgan fingerprint density at radius 1 is 1.32 bits per heavy atom. The molecule has 1 unspecified atom stereocenters. The summed E-state index contributed by atoms with van der Waals surface area (Å²) in [5, 5.41) is 10.9. The Hall–Kier alpha value is -1.63. The third-order valence-corrected chi connectivity index (χ3v) is 5.45. The van der Waals surface area contributed by atoms with Crippen LogP contribution in [0.1, 0.15) is 32.6 Å². The summed E-state index contributed by atoms with van der Waals surface area (Å²) in [5.41, 5.74) is 0.398. The summed E-state index contributed by atoms with van der Waals surface area (Å²) in [6.07, 6.45) is 5.42. The van der Waals surface area contributed by atoms with Gasteiger partial charge in [-0.05, 0) is 31.2 Å². The number of benzene rings is 1. The maximum atomic E-state index is 12.0. The van der Waals surface area contributed by atoms with Crippen molar-refractivity contribution in [3.05, 3.63) is 28.3 Å². The van der Waals surface area contributed by atoms with Crippen LogP contribution in [-0.4, -0.2) is 32.7 Å². The molecule has 6 nitrogen and oxygen atoms in total. The van der Waals surface area contributed by atoms with E-state index in [1.807, 2.05) is 0 Å². The third kappa shape index (κ3) is 3.76. The van der Waals surface area contributed by atoms with Gasteiger partial charge < -0.3 is 4.90 Å². The molecule has 1 atom stereocenters. The zero-order chi connectivity index (χ0) is 16.3. The summed E-state index contributed by atoms with van der Waals surface area (Å²) >= 11 is 0. The van der Waals surface area contributed by atoms with Gasteiger partial charge in [-0.3, -0.25) is 10.1 Å². The van der Waals surface area contributed by atoms with Crippen molar-refractivity contribution in [1.29, 1.82) is 0 Å². The van der Waals surface area contributed by atoms with E-state index in [1.165, 1.54) is 12.1 Å². The highest BCUT2D eigenvalue weighted by atomic mass is 32.2. The molecule has 0 spiro atoms. The maximum Gasteiger partial charge on any atom is 0.270 e. The molecule has 1 aliphatic heterocycles. The van der Waals surface area contributed by atoms with E-state index < -0.39 is 14.8 Å². The minimum atomic E-state index is -3.52. The minimum absolute atomic E-state index is 0.0525. The number of anilines is 1. The zero-order valence-corrected chi connectivity index (χ0v) is 13.8. The fourth-order valence-corrected chi connectivity index (χ4v) is 3.90. The Labute approximate surface area is 131 Å². The van der Waals surface area contributed by atoms with Crippen molar-refractivity contribution in [2.45, 2.75) is 37.5 Å². The molecule has 0 aromatic heterocycles. The molecule has 1 aliphatic rings. The second kappa shape index (κ2) is 6.64. The Bertz CT molecular complexity index is 658. The van der Waals surface area contributed by atoms with Crippen LogP contribution in [0.15, 0.2) is 23.1 Å². The average molecular weight is 326 g/mol. The van der Waals surface area contributed by atoms with Crippen LogP contribution in [-0.2, 0) is 9.84 Å². The molecular formula is C15H22N2O4S. The first-order valence-electron chi connectivity index (χ1n) is 7.56. The molecule has 1 heterocycles. The van der Waals surface area contributed by atoms with Gasteiger partial charge in [0.05, 0.1) is 15.5 Å². The predicted octanol–water partition coefficient (Wildman–Crippen LogP) is 3.01. The van der Waals surface area contributed by atoms with Crippen LogP contribution in [0, 0.1) is 16.0 Å². The second-order valence-electron chi connectivity index (χ2n) is 5.87. The van der Waals surface area contributed by atoms with Crippen LogP contribution in [0.3, 0.4) is 0 Å². The smallest absolute Gasteiger partial charge is 0.270 e. The number of sulfone groups is 1. The highest BCUT2D eigenvalue weighted by Crippen LogP contribution is 2.32. The first-order valence-corrected chi connectivity index (χ1v) is 9.45. The van der Waals surface area contributed by atoms with E-state index >= 15 is 0 Å². The molecule has 0 N–H and O–H groups in total. The molecule has 1 fully saturated rings. The normalized spacial score (nSPS) is 19.7. The van der Waals surface area contributed by atoms with E-state index in [2.05, 4.69) is 11.8 Å². The fourth-order valence-electron chi connectivity index (χ4n) is 2.99. The lowest BCUT2D eigenvalue weighted by atomic mass is 9.98. The number of rotatable bonds is 4. The molecule has 22 heavy (non-hydrogen) atoms. The van der Waals surface area contributed by atoms with Crippen molar-refractivity contribution in [1.82, 2.24) is 0 Å². The largest absolute Gasteiger partial charge is 0.370 e. The highest BCUT2D eigenvalue weighted by Gasteiger charge is 2.24. The molecule has 0 amide bonds. The molecule has 0 radical (unpaired) electrons. The Morgan fingerprint density at radius 3 is 2.64 bits per heavy atom. The van der Waals surface area contributed by atoms with Crippen LogP contribution in [0.5, 0.6) is 0 Å². The van der Waals surface area contributed by atoms with Crippen molar-refractivity contribution in [3.8, 4) is 0 Å². The quantitative estimate of drug-likeness (QED) is 0.627. The topological polar surface area (TPSA) is 80.5 Å². The van der Waals surface area contributed by atoms with Crippen molar-refractivity contribution in [3.63, 3.8) is 0 Å². The molecule has 7 heteroatoms. The number of hydrogen-bond acceptors (Lipinski definition) is 5. The molecular weight excluding hydrogens is 304 g/mol. The number of hydrogen-bond donors (Lipinski definition) is 0. The first-order chi connectivity index (χ1) is 10.3. The molecule has 0 saturated carbocycles. The van der Waals surface area contributed by atoms with Crippen molar-refractivity contribution in [2.75, 3.05) is 24.2 Å². The SMILES string of the molecule is CCC1CCCN(c2ccc([N+](=O)[O-])cc2S(C)(=O)=O)CC1. The Morgan fingerprint density at radius 2 is 2.05 bits per heavy atom. The number of nitro benzene ring substituents is 1. The molecule has 0 aliphatic carbocycles. The zero-order valence-electron chi connectivity index (χ0n) is 13.0. The summed E-state index contributed by atoms with van der Waals surface area (Å²) in [6.45, 7) is 3.75. The monoisotopic (exact) mass is 326 g/mol. The van der Waals surface area contributed by atoms with Gasteiger partial charge >= 0.3 is 0 Å². The number of nitrogens with zero attached hydrogens (tertiary/aromatic N) is 2. The van der Waals surface area contributed by atoms with Gasteiger partial charge in [0, 0.05) is 31.5 Å². The molecule has 1 aromatic carbocycles. The van der Waals surface area contributed by atoms with Gasteiger partial charge in [0.15, 0.2) is 9.84 Å². The molecule has 2 rings (SSSR count). The molecule has 122 valence electrons. The van der Waals surface area contributed by atoms with Crippen molar-refractivity contribution >= 4 is 21.2 Å². The Balaban J connectivity index is 2.39. The number of nitro groups is 1. The van der Waals surface area contributed by atoms with Gasteiger partial charge in [0.2, 0.25) is 0 Å². The van der Waals surface area contributed by atoms with Gasteiger partial charge in [0.25, 0.3) is 5.69 Å². The highest BCUT2D eigenvalue weighted by molar-refractivity contribution is 7.90. The summed E-state index contributed by atoms with van der Waals surface area (Å²) in [6, 6.07) is 4.12. The molecule has 1 aromatic rings. The van der Waals surface area contributed by atoms with E-state index in [0.717, 1.165) is 45.0 Å². The summed E-state index contributed by atoms with van der Waals surface area (Å²) in [7, 11) is -3.52. The Kier molecular flexibility index (Phi) is 5.05. The summed E-state index contributed by atoms with van der Waals surface area (Å²) in [4.78, 5) is 12.4. The summed E-state index contributed by atoms with van der Waals surface area (Å²) < 4.78 is 24.1. The standard InChI is InChI=1S/C15H22N2O4S/c1-3-12-5-4-9-16(10-8-12)14-7-6-13(17(18)19)11-15(14)22(2,20)21/h6-7,11-12H,3-5,8-10H2,1-2H3. The van der Waals surface area contributed by atoms with Crippen LogP contribution in [0.2, 0.25) is 0 Å². The van der Waals surface area contributed by atoms with Crippen molar-refractivity contribution < 1.29 is 13.3 Å². The van der Waals surface area contributed by atoms with Crippen molar-refractivity contribution in [2.24, 2.45) is 5.92 Å². The van der Waals surface area contributed by atoms with Crippen LogP contribution < -0.4 is 4.90 Å². The van der Waals surface area contributed by atoms with Gasteiger partial charge in [0.1, 0.15) is 0 Å². The van der Waals surface area contributed by atoms with Gasteiger partial charge in [-0.15, -0.1) is 0 Å². The van der Waals surface area contributed by atoms with E-state index in [9.17, 15) is 18.5 Å². The maximum absolute atomic E-state index is 12.0. The third-order valence-electron chi connectivity index (χ3n) is 4.32. The minimum Gasteiger partial charge on any atom is -0.370 e. The van der Waals surface area contributed by atoms with E-state index in [-0.39, 0.29) is 10.6 Å². The number of non-ortho nitro benzene ring substituents is 1. The van der Waals surface area contributed by atoms with E-state index in [1.54, 1.807) is 6.07 Å². The van der Waals surface area contributed by atoms with Crippen LogP contribution in [0.4, 0.5) is 11.4 Å². The average Bonchev–Trinajstić information content (AvgIpc) is 2.71. The molecule has 0 bridgehead atoms. The van der Waals surface area contributed by atoms with Crippen LogP contribution in [0.25, 0.3) is 0 Å². The van der Waals surface area contributed by atoms with Gasteiger partial charge in [-0.25, -0.2) is 8.42 Å². The lowest BCUT2D eigenvalue weighted by Gasteiger charge is -2.25. The van der Waals surface area contributed by atoms with Gasteiger partial charge in [-0.2, -0.15) is 0 Å². The van der Waals surface area contributed by atoms with E-state index in [4.69, 9.17) is 0 Å².